The van der Waals surface area contributed by atoms with E-state index in [4.69, 9.17) is 16.0 Å². The van der Waals surface area contributed by atoms with E-state index in [1.807, 2.05) is 30.3 Å². The van der Waals surface area contributed by atoms with Gasteiger partial charge in [-0.15, -0.1) is 10.2 Å². The van der Waals surface area contributed by atoms with Gasteiger partial charge in [0.25, 0.3) is 11.6 Å². The summed E-state index contributed by atoms with van der Waals surface area (Å²) in [4.78, 5) is 23.5. The molecule has 0 radical (unpaired) electrons. The van der Waals surface area contributed by atoms with Crippen LogP contribution in [0.2, 0.25) is 5.02 Å². The number of hydrazone groups is 1. The summed E-state index contributed by atoms with van der Waals surface area (Å²) >= 11 is 5.93. The molecule has 0 atom stereocenters. The first kappa shape index (κ1) is 20.9. The number of carbonyl (C=O) groups excluding carboxylic acids is 1. The number of nitrogens with zero attached hydrogens (tertiary/aromatic N) is 6. The fraction of sp³-hybridized carbons (Fsp3) is 0.0500. The smallest absolute Gasteiger partial charge is 0.287 e. The summed E-state index contributed by atoms with van der Waals surface area (Å²) in [6.07, 6.45) is 1.32. The number of tetrazole rings is 1. The van der Waals surface area contributed by atoms with Crippen molar-refractivity contribution in [3.63, 3.8) is 0 Å². The first-order valence-corrected chi connectivity index (χ1v) is 9.56. The minimum atomic E-state index is -0.563. The lowest BCUT2D eigenvalue weighted by Crippen LogP contribution is -2.24. The van der Waals surface area contributed by atoms with Crippen molar-refractivity contribution in [1.29, 1.82) is 0 Å². The van der Waals surface area contributed by atoms with E-state index in [0.717, 1.165) is 10.4 Å². The van der Waals surface area contributed by atoms with Crippen molar-refractivity contribution in [3.05, 3.63) is 81.6 Å². The Morgan fingerprint density at radius 3 is 2.75 bits per heavy atom. The van der Waals surface area contributed by atoms with Gasteiger partial charge in [0, 0.05) is 17.2 Å². The normalized spacial score (nSPS) is 11.0. The summed E-state index contributed by atoms with van der Waals surface area (Å²) in [7, 11) is 0. The van der Waals surface area contributed by atoms with E-state index in [1.165, 1.54) is 24.4 Å². The van der Waals surface area contributed by atoms with Crippen LogP contribution < -0.4 is 5.43 Å². The van der Waals surface area contributed by atoms with Crippen molar-refractivity contribution < 1.29 is 14.1 Å². The summed E-state index contributed by atoms with van der Waals surface area (Å²) in [6, 6.07) is 16.8. The molecule has 32 heavy (non-hydrogen) atoms. The van der Waals surface area contributed by atoms with Gasteiger partial charge >= 0.3 is 0 Å². The van der Waals surface area contributed by atoms with E-state index in [9.17, 15) is 14.9 Å². The number of nitro benzene ring substituents is 1. The fourth-order valence-corrected chi connectivity index (χ4v) is 2.98. The van der Waals surface area contributed by atoms with Crippen LogP contribution in [0, 0.1) is 10.1 Å². The molecule has 11 nitrogen and oxygen atoms in total. The van der Waals surface area contributed by atoms with E-state index < -0.39 is 10.8 Å². The summed E-state index contributed by atoms with van der Waals surface area (Å²) in [5, 5.41) is 26.6. The predicted octanol–water partition coefficient (Wildman–Crippen LogP) is 3.31. The number of furan rings is 1. The maximum atomic E-state index is 12.0. The number of rotatable bonds is 7. The van der Waals surface area contributed by atoms with Crippen LogP contribution in [0.15, 0.2) is 70.2 Å². The van der Waals surface area contributed by atoms with Crippen LogP contribution in [0.1, 0.15) is 5.76 Å². The second kappa shape index (κ2) is 9.18. The number of hydrogen-bond donors (Lipinski definition) is 1. The molecule has 0 spiro atoms. The van der Waals surface area contributed by atoms with Crippen molar-refractivity contribution >= 4 is 29.4 Å². The minimum Gasteiger partial charge on any atom is -0.455 e. The molecule has 0 saturated carbocycles. The zero-order chi connectivity index (χ0) is 22.5. The Labute approximate surface area is 185 Å². The molecule has 0 fully saturated rings. The Bertz CT molecular complexity index is 1300. The molecule has 0 saturated heterocycles. The molecule has 1 N–H and O–H groups in total. The summed E-state index contributed by atoms with van der Waals surface area (Å²) in [5.41, 5.74) is 3.52. The van der Waals surface area contributed by atoms with Gasteiger partial charge in [-0.2, -0.15) is 9.90 Å². The van der Waals surface area contributed by atoms with E-state index >= 15 is 0 Å². The number of hydrogen-bond acceptors (Lipinski definition) is 8. The highest BCUT2D eigenvalue weighted by molar-refractivity contribution is 6.32. The predicted molar refractivity (Wildman–Crippen MR) is 115 cm³/mol. The molecule has 0 aliphatic heterocycles. The lowest BCUT2D eigenvalue weighted by Gasteiger charge is -1.99. The maximum absolute atomic E-state index is 12.0. The zero-order valence-electron chi connectivity index (χ0n) is 16.3. The summed E-state index contributed by atoms with van der Waals surface area (Å²) in [5.74, 6) is 0.762. The SMILES string of the molecule is O=C(Cn1nnc(-c2ccccc2)n1)N/N=C\c1ccc(-c2ccc([N+](=O)[O-])c(Cl)c2)o1. The van der Waals surface area contributed by atoms with Crippen LogP contribution in [-0.2, 0) is 11.3 Å². The number of amides is 1. The summed E-state index contributed by atoms with van der Waals surface area (Å²) < 4.78 is 5.61. The number of aromatic nitrogens is 4. The van der Waals surface area contributed by atoms with Gasteiger partial charge in [0.15, 0.2) is 0 Å². The topological polar surface area (TPSA) is 141 Å². The van der Waals surface area contributed by atoms with Gasteiger partial charge in [-0.25, -0.2) is 5.43 Å². The van der Waals surface area contributed by atoms with Crippen molar-refractivity contribution in [2.45, 2.75) is 6.54 Å². The van der Waals surface area contributed by atoms with E-state index in [-0.39, 0.29) is 17.3 Å². The molecule has 0 unspecified atom stereocenters. The average molecular weight is 452 g/mol. The van der Waals surface area contributed by atoms with Crippen LogP contribution in [0.5, 0.6) is 0 Å². The molecular formula is C20H14ClN7O4. The molecule has 4 rings (SSSR count). The maximum Gasteiger partial charge on any atom is 0.287 e. The Morgan fingerprint density at radius 1 is 1.19 bits per heavy atom. The van der Waals surface area contributed by atoms with Crippen LogP contribution in [0.25, 0.3) is 22.7 Å². The molecule has 0 aliphatic rings. The zero-order valence-corrected chi connectivity index (χ0v) is 17.0. The Kier molecular flexibility index (Phi) is 5.99. The van der Waals surface area contributed by atoms with Crippen LogP contribution in [0.4, 0.5) is 5.69 Å². The molecule has 2 aromatic heterocycles. The van der Waals surface area contributed by atoms with Crippen LogP contribution >= 0.6 is 11.6 Å². The van der Waals surface area contributed by atoms with Crippen molar-refractivity contribution in [2.24, 2.45) is 5.10 Å². The van der Waals surface area contributed by atoms with Gasteiger partial charge in [-0.1, -0.05) is 41.9 Å². The molecule has 12 heteroatoms. The van der Waals surface area contributed by atoms with Crippen LogP contribution in [0.3, 0.4) is 0 Å². The van der Waals surface area contributed by atoms with Crippen molar-refractivity contribution in [3.8, 4) is 22.7 Å². The van der Waals surface area contributed by atoms with Gasteiger partial charge in [0.05, 0.1) is 11.1 Å². The largest absolute Gasteiger partial charge is 0.455 e. The number of nitro groups is 1. The lowest BCUT2D eigenvalue weighted by atomic mass is 10.1. The average Bonchev–Trinajstić information content (AvgIpc) is 3.44. The highest BCUT2D eigenvalue weighted by atomic mass is 35.5. The van der Waals surface area contributed by atoms with Gasteiger partial charge in [-0.05, 0) is 29.5 Å². The third-order valence-electron chi connectivity index (χ3n) is 4.21. The molecule has 1 amide bonds. The monoisotopic (exact) mass is 451 g/mol. The number of halogens is 1. The first-order valence-electron chi connectivity index (χ1n) is 9.19. The highest BCUT2D eigenvalue weighted by Crippen LogP contribution is 2.30. The van der Waals surface area contributed by atoms with Gasteiger partial charge in [0.1, 0.15) is 23.1 Å². The van der Waals surface area contributed by atoms with Gasteiger partial charge in [0.2, 0.25) is 5.82 Å². The minimum absolute atomic E-state index is 0.00326. The molecule has 0 aliphatic carbocycles. The Balaban J connectivity index is 1.34. The van der Waals surface area contributed by atoms with Gasteiger partial charge < -0.3 is 4.42 Å². The second-order valence-corrected chi connectivity index (χ2v) is 6.84. The molecule has 2 heterocycles. The molecule has 0 bridgehead atoms. The van der Waals surface area contributed by atoms with Crippen LogP contribution in [-0.4, -0.2) is 37.3 Å². The lowest BCUT2D eigenvalue weighted by molar-refractivity contribution is -0.384. The Morgan fingerprint density at radius 2 is 2.00 bits per heavy atom. The van der Waals surface area contributed by atoms with Crippen molar-refractivity contribution in [1.82, 2.24) is 25.6 Å². The van der Waals surface area contributed by atoms with E-state index in [0.29, 0.717) is 22.9 Å². The van der Waals surface area contributed by atoms with Crippen molar-refractivity contribution in [2.75, 3.05) is 0 Å². The molecule has 160 valence electrons. The standard InChI is InChI=1S/C20H14ClN7O4/c21-16-10-14(6-8-17(16)28(30)31)18-9-7-15(32-18)11-22-23-19(29)12-27-25-20(24-26-27)13-4-2-1-3-5-13/h1-11H,12H2,(H,23,29)/b22-11-. The van der Waals surface area contributed by atoms with Gasteiger partial charge in [-0.3, -0.25) is 14.9 Å². The molecular weight excluding hydrogens is 438 g/mol. The number of carbonyl (C=O) groups is 1. The van der Waals surface area contributed by atoms with E-state index in [2.05, 4.69) is 25.9 Å². The molecule has 2 aromatic carbocycles. The number of benzene rings is 2. The Hall–Kier alpha value is -4.38. The number of nitrogens with one attached hydrogen (secondary N) is 1. The third kappa shape index (κ3) is 4.84. The second-order valence-electron chi connectivity index (χ2n) is 6.43. The van der Waals surface area contributed by atoms with E-state index in [1.54, 1.807) is 12.1 Å². The quantitative estimate of drug-likeness (QED) is 0.258. The third-order valence-corrected chi connectivity index (χ3v) is 4.51. The molecule has 4 aromatic rings. The summed E-state index contributed by atoms with van der Waals surface area (Å²) in [6.45, 7) is -0.165. The highest BCUT2D eigenvalue weighted by Gasteiger charge is 2.14. The first-order chi connectivity index (χ1) is 15.5. The fourth-order valence-electron chi connectivity index (χ4n) is 2.73.